The summed E-state index contributed by atoms with van der Waals surface area (Å²) in [6, 6.07) is 17.4. The average Bonchev–Trinajstić information content (AvgIpc) is 2.62. The van der Waals surface area contributed by atoms with Crippen molar-refractivity contribution < 1.29 is 0 Å². The van der Waals surface area contributed by atoms with E-state index in [0.717, 1.165) is 32.2 Å². The van der Waals surface area contributed by atoms with Crippen molar-refractivity contribution in [2.75, 3.05) is 11.1 Å². The van der Waals surface area contributed by atoms with Crippen molar-refractivity contribution in [3.05, 3.63) is 70.4 Å². The fourth-order valence-electron chi connectivity index (χ4n) is 2.67. The minimum atomic E-state index is 0.218. The number of pyridine rings is 1. The smallest absolute Gasteiger partial charge is 0.222 e. The van der Waals surface area contributed by atoms with Crippen LogP contribution in [-0.2, 0) is 0 Å². The quantitative estimate of drug-likeness (QED) is 0.427. The molecule has 0 aliphatic carbocycles. The number of halogens is 2. The van der Waals surface area contributed by atoms with Crippen LogP contribution in [0.1, 0.15) is 0 Å². The molecule has 0 atom stereocenters. The lowest BCUT2D eigenvalue weighted by Gasteiger charge is -2.11. The Morgan fingerprint density at radius 1 is 0.962 bits per heavy atom. The summed E-state index contributed by atoms with van der Waals surface area (Å²) in [6.45, 7) is 0. The van der Waals surface area contributed by atoms with Crippen molar-refractivity contribution in [1.29, 1.82) is 0 Å². The SMILES string of the molecule is Nc1nc(Nc2cccc(Br)c2)c2cc(-c3ccc(Cl)nc3)ccc2n1. The fourth-order valence-corrected chi connectivity index (χ4v) is 3.18. The topological polar surface area (TPSA) is 76.7 Å². The first-order valence-electron chi connectivity index (χ1n) is 7.80. The maximum absolute atomic E-state index is 5.88. The zero-order valence-corrected chi connectivity index (χ0v) is 15.8. The summed E-state index contributed by atoms with van der Waals surface area (Å²) in [7, 11) is 0. The minimum absolute atomic E-state index is 0.218. The van der Waals surface area contributed by atoms with E-state index in [4.69, 9.17) is 17.3 Å². The molecule has 7 heteroatoms. The van der Waals surface area contributed by atoms with E-state index in [0.29, 0.717) is 11.0 Å². The molecule has 128 valence electrons. The number of nitrogens with zero attached hydrogens (tertiary/aromatic N) is 3. The first-order chi connectivity index (χ1) is 12.6. The number of benzene rings is 2. The normalized spacial score (nSPS) is 10.8. The molecule has 0 aliphatic heterocycles. The summed E-state index contributed by atoms with van der Waals surface area (Å²) in [5.41, 5.74) is 9.50. The molecular weight excluding hydrogens is 414 g/mol. The number of nitrogen functional groups attached to an aromatic ring is 1. The average molecular weight is 427 g/mol. The molecule has 0 bridgehead atoms. The highest BCUT2D eigenvalue weighted by Crippen LogP contribution is 2.30. The number of rotatable bonds is 3. The molecule has 0 radical (unpaired) electrons. The summed E-state index contributed by atoms with van der Waals surface area (Å²) >= 11 is 9.35. The third kappa shape index (κ3) is 3.47. The molecule has 2 heterocycles. The van der Waals surface area contributed by atoms with Gasteiger partial charge in [-0.05, 0) is 48.0 Å². The maximum atomic E-state index is 5.88. The number of fused-ring (bicyclic) bond motifs is 1. The van der Waals surface area contributed by atoms with Crippen LogP contribution in [0.2, 0.25) is 5.15 Å². The van der Waals surface area contributed by atoms with Crippen LogP contribution in [0.5, 0.6) is 0 Å². The second kappa shape index (κ2) is 6.90. The zero-order chi connectivity index (χ0) is 18.1. The summed E-state index contributed by atoms with van der Waals surface area (Å²) in [5, 5.41) is 4.65. The second-order valence-electron chi connectivity index (χ2n) is 5.67. The Bertz CT molecular complexity index is 1100. The van der Waals surface area contributed by atoms with E-state index in [1.807, 2.05) is 48.5 Å². The summed E-state index contributed by atoms with van der Waals surface area (Å²) in [5.74, 6) is 0.866. The van der Waals surface area contributed by atoms with E-state index in [1.54, 1.807) is 12.3 Å². The highest BCUT2D eigenvalue weighted by atomic mass is 79.9. The van der Waals surface area contributed by atoms with Gasteiger partial charge in [-0.15, -0.1) is 0 Å². The van der Waals surface area contributed by atoms with Crippen LogP contribution in [0.3, 0.4) is 0 Å². The Balaban J connectivity index is 1.83. The number of nitrogens with one attached hydrogen (secondary N) is 1. The predicted molar refractivity (Wildman–Crippen MR) is 110 cm³/mol. The molecule has 0 saturated heterocycles. The van der Waals surface area contributed by atoms with Crippen molar-refractivity contribution >= 4 is 55.9 Å². The Hall–Kier alpha value is -2.70. The molecule has 2 aromatic carbocycles. The number of hydrogen-bond acceptors (Lipinski definition) is 5. The molecule has 0 amide bonds. The van der Waals surface area contributed by atoms with Gasteiger partial charge >= 0.3 is 0 Å². The number of nitrogens with two attached hydrogens (primary N) is 1. The summed E-state index contributed by atoms with van der Waals surface area (Å²) in [6.07, 6.45) is 1.74. The van der Waals surface area contributed by atoms with Gasteiger partial charge in [-0.1, -0.05) is 39.7 Å². The lowest BCUT2D eigenvalue weighted by atomic mass is 10.1. The number of anilines is 3. The lowest BCUT2D eigenvalue weighted by molar-refractivity contribution is 1.23. The molecule has 0 fully saturated rings. The van der Waals surface area contributed by atoms with E-state index in [-0.39, 0.29) is 5.95 Å². The van der Waals surface area contributed by atoms with Gasteiger partial charge in [0.25, 0.3) is 0 Å². The molecule has 4 rings (SSSR count). The van der Waals surface area contributed by atoms with Crippen LogP contribution >= 0.6 is 27.5 Å². The highest BCUT2D eigenvalue weighted by Gasteiger charge is 2.09. The van der Waals surface area contributed by atoms with Gasteiger partial charge in [-0.25, -0.2) is 9.97 Å². The largest absolute Gasteiger partial charge is 0.368 e. The second-order valence-corrected chi connectivity index (χ2v) is 6.97. The van der Waals surface area contributed by atoms with Gasteiger partial charge in [0.05, 0.1) is 5.52 Å². The predicted octanol–water partition coefficient (Wildman–Crippen LogP) is 5.43. The molecule has 0 aliphatic rings. The molecule has 0 spiro atoms. The third-order valence-corrected chi connectivity index (χ3v) is 4.58. The maximum Gasteiger partial charge on any atom is 0.222 e. The van der Waals surface area contributed by atoms with Crippen LogP contribution < -0.4 is 11.1 Å². The molecule has 3 N–H and O–H groups in total. The van der Waals surface area contributed by atoms with Crippen molar-refractivity contribution in [2.45, 2.75) is 0 Å². The van der Waals surface area contributed by atoms with E-state index < -0.39 is 0 Å². The van der Waals surface area contributed by atoms with Gasteiger partial charge in [0.15, 0.2) is 0 Å². The first-order valence-corrected chi connectivity index (χ1v) is 8.97. The molecule has 26 heavy (non-hydrogen) atoms. The van der Waals surface area contributed by atoms with Crippen molar-refractivity contribution in [2.24, 2.45) is 0 Å². The van der Waals surface area contributed by atoms with E-state index in [9.17, 15) is 0 Å². The Morgan fingerprint density at radius 2 is 1.81 bits per heavy atom. The number of aromatic nitrogens is 3. The Labute approximate surface area is 163 Å². The Morgan fingerprint density at radius 3 is 2.58 bits per heavy atom. The van der Waals surface area contributed by atoms with Gasteiger partial charge in [-0.3, -0.25) is 0 Å². The lowest BCUT2D eigenvalue weighted by Crippen LogP contribution is -2.01. The molecular formula is C19H13BrClN5. The van der Waals surface area contributed by atoms with Crippen LogP contribution in [-0.4, -0.2) is 15.0 Å². The highest BCUT2D eigenvalue weighted by molar-refractivity contribution is 9.10. The van der Waals surface area contributed by atoms with Crippen molar-refractivity contribution in [3.63, 3.8) is 0 Å². The molecule has 5 nitrogen and oxygen atoms in total. The summed E-state index contributed by atoms with van der Waals surface area (Å²) in [4.78, 5) is 12.8. The minimum Gasteiger partial charge on any atom is -0.368 e. The third-order valence-electron chi connectivity index (χ3n) is 3.86. The van der Waals surface area contributed by atoms with Crippen molar-refractivity contribution in [3.8, 4) is 11.1 Å². The Kier molecular flexibility index (Phi) is 4.44. The van der Waals surface area contributed by atoms with Crippen LogP contribution in [0.25, 0.3) is 22.0 Å². The first kappa shape index (κ1) is 16.8. The van der Waals surface area contributed by atoms with Gasteiger partial charge in [0, 0.05) is 27.3 Å². The molecule has 0 unspecified atom stereocenters. The van der Waals surface area contributed by atoms with Gasteiger partial charge in [0.1, 0.15) is 11.0 Å². The van der Waals surface area contributed by atoms with Gasteiger partial charge < -0.3 is 11.1 Å². The molecule has 0 saturated carbocycles. The van der Waals surface area contributed by atoms with Gasteiger partial charge in [-0.2, -0.15) is 4.98 Å². The van der Waals surface area contributed by atoms with Crippen LogP contribution in [0.15, 0.2) is 65.3 Å². The van der Waals surface area contributed by atoms with Gasteiger partial charge in [0.2, 0.25) is 5.95 Å². The van der Waals surface area contributed by atoms with Crippen LogP contribution in [0.4, 0.5) is 17.5 Å². The van der Waals surface area contributed by atoms with E-state index in [2.05, 4.69) is 36.2 Å². The van der Waals surface area contributed by atoms with E-state index in [1.165, 1.54) is 0 Å². The number of hydrogen-bond donors (Lipinski definition) is 2. The summed E-state index contributed by atoms with van der Waals surface area (Å²) < 4.78 is 0.974. The molecule has 4 aromatic rings. The zero-order valence-electron chi connectivity index (χ0n) is 13.4. The van der Waals surface area contributed by atoms with E-state index >= 15 is 0 Å². The molecule has 2 aromatic heterocycles. The standard InChI is InChI=1S/C19H13BrClN5/c20-13-2-1-3-14(9-13)24-18-15-8-11(12-5-7-17(21)23-10-12)4-6-16(15)25-19(22)26-18/h1-10H,(H3,22,24,25,26). The van der Waals surface area contributed by atoms with Crippen LogP contribution in [0, 0.1) is 0 Å². The monoisotopic (exact) mass is 425 g/mol. The van der Waals surface area contributed by atoms with Crippen molar-refractivity contribution in [1.82, 2.24) is 15.0 Å². The fraction of sp³-hybridized carbons (Fsp3) is 0.